The summed E-state index contributed by atoms with van der Waals surface area (Å²) in [6.07, 6.45) is 8.28. The van der Waals surface area contributed by atoms with Gasteiger partial charge in [0.05, 0.1) is 24.7 Å². The zero-order valence-electron chi connectivity index (χ0n) is 17.5. The van der Waals surface area contributed by atoms with Gasteiger partial charge in [-0.05, 0) is 35.6 Å². The van der Waals surface area contributed by atoms with Crippen LogP contribution in [-0.2, 0) is 22.5 Å². The van der Waals surface area contributed by atoms with Gasteiger partial charge in [0.2, 0.25) is 5.91 Å². The van der Waals surface area contributed by atoms with E-state index < -0.39 is 5.92 Å². The van der Waals surface area contributed by atoms with Crippen molar-refractivity contribution < 1.29 is 14.3 Å². The molecule has 1 fully saturated rings. The van der Waals surface area contributed by atoms with Gasteiger partial charge in [-0.3, -0.25) is 4.79 Å². The lowest BCUT2D eigenvalue weighted by Crippen LogP contribution is -2.38. The van der Waals surface area contributed by atoms with E-state index in [9.17, 15) is 4.79 Å². The van der Waals surface area contributed by atoms with Crippen LogP contribution in [0.2, 0.25) is 0 Å². The number of rotatable bonds is 8. The number of ether oxygens (including phenoxy) is 2. The van der Waals surface area contributed by atoms with Crippen molar-refractivity contribution in [3.63, 3.8) is 0 Å². The minimum Gasteiger partial charge on any atom is -0.493 e. The van der Waals surface area contributed by atoms with Gasteiger partial charge in [0.1, 0.15) is 5.75 Å². The Kier molecular flexibility index (Phi) is 6.85. The van der Waals surface area contributed by atoms with Gasteiger partial charge in [-0.15, -0.1) is 6.58 Å². The van der Waals surface area contributed by atoms with Gasteiger partial charge in [-0.25, -0.2) is 0 Å². The average Bonchev–Trinajstić information content (AvgIpc) is 3.26. The van der Waals surface area contributed by atoms with Gasteiger partial charge in [0, 0.05) is 13.0 Å². The predicted octanol–water partition coefficient (Wildman–Crippen LogP) is 4.93. The van der Waals surface area contributed by atoms with Crippen molar-refractivity contribution in [2.45, 2.75) is 63.2 Å². The summed E-state index contributed by atoms with van der Waals surface area (Å²) in [7, 11) is 0. The minimum absolute atomic E-state index is 0.0292. The molecule has 158 valence electrons. The molecule has 0 aromatic heterocycles. The number of fused-ring (bicyclic) bond motifs is 1. The zero-order valence-corrected chi connectivity index (χ0v) is 17.5. The fourth-order valence-electron chi connectivity index (χ4n) is 4.48. The highest BCUT2D eigenvalue weighted by molar-refractivity contribution is 5.85. The van der Waals surface area contributed by atoms with E-state index in [1.165, 1.54) is 19.3 Å². The molecule has 2 aromatic rings. The first-order valence-corrected chi connectivity index (χ1v) is 11.1. The summed E-state index contributed by atoms with van der Waals surface area (Å²) in [6.45, 7) is 5.22. The average molecular weight is 406 g/mol. The summed E-state index contributed by atoms with van der Waals surface area (Å²) in [5.41, 5.74) is 3.20. The van der Waals surface area contributed by atoms with Crippen molar-refractivity contribution in [1.82, 2.24) is 5.32 Å². The lowest BCUT2D eigenvalue weighted by atomic mass is 9.89. The highest BCUT2D eigenvalue weighted by Crippen LogP contribution is 2.33. The van der Waals surface area contributed by atoms with Crippen LogP contribution in [0.4, 0.5) is 0 Å². The van der Waals surface area contributed by atoms with Gasteiger partial charge in [-0.2, -0.15) is 0 Å². The molecule has 0 unspecified atom stereocenters. The number of carbonyl (C=O) groups is 1. The standard InChI is InChI=1S/C26H31NO3/c1-2-23(30-22-11-7-4-8-12-22)25(21-13-14-24-20(17-21)15-16-29-24)26(28)27-18-19-9-5-3-6-10-19/h2-3,5-6,9-10,13-14,17,22-23,25H,1,4,7-8,11-12,15-16,18H2,(H,27,28)/t23-,25-/m1/s1. The van der Waals surface area contributed by atoms with Crippen molar-refractivity contribution in [3.8, 4) is 5.75 Å². The van der Waals surface area contributed by atoms with Crippen molar-refractivity contribution in [1.29, 1.82) is 0 Å². The molecule has 1 saturated carbocycles. The van der Waals surface area contributed by atoms with Gasteiger partial charge in [0.25, 0.3) is 0 Å². The first kappa shape index (κ1) is 20.7. The highest BCUT2D eigenvalue weighted by Gasteiger charge is 2.32. The first-order chi connectivity index (χ1) is 14.7. The molecule has 1 heterocycles. The van der Waals surface area contributed by atoms with Crippen molar-refractivity contribution in [2.75, 3.05) is 6.61 Å². The summed E-state index contributed by atoms with van der Waals surface area (Å²) in [5.74, 6) is 0.461. The molecule has 4 heteroatoms. The van der Waals surface area contributed by atoms with E-state index in [1.807, 2.05) is 42.5 Å². The summed E-state index contributed by atoms with van der Waals surface area (Å²) in [4.78, 5) is 13.4. The van der Waals surface area contributed by atoms with E-state index in [-0.39, 0.29) is 18.1 Å². The lowest BCUT2D eigenvalue weighted by Gasteiger charge is -2.31. The van der Waals surface area contributed by atoms with E-state index in [2.05, 4.69) is 18.0 Å². The van der Waals surface area contributed by atoms with E-state index in [0.717, 1.165) is 41.7 Å². The summed E-state index contributed by atoms with van der Waals surface area (Å²) in [5, 5.41) is 3.12. The van der Waals surface area contributed by atoms with Crippen LogP contribution in [-0.4, -0.2) is 24.7 Å². The molecule has 2 aromatic carbocycles. The van der Waals surface area contributed by atoms with E-state index in [0.29, 0.717) is 13.2 Å². The number of benzene rings is 2. The van der Waals surface area contributed by atoms with Gasteiger partial charge >= 0.3 is 0 Å². The molecule has 0 bridgehead atoms. The maximum Gasteiger partial charge on any atom is 0.230 e. The third-order valence-electron chi connectivity index (χ3n) is 6.13. The second-order valence-corrected chi connectivity index (χ2v) is 8.24. The van der Waals surface area contributed by atoms with Crippen LogP contribution in [0.1, 0.15) is 54.7 Å². The molecule has 0 saturated heterocycles. The summed E-state index contributed by atoms with van der Waals surface area (Å²) < 4.78 is 12.1. The van der Waals surface area contributed by atoms with Crippen LogP contribution < -0.4 is 10.1 Å². The number of amides is 1. The van der Waals surface area contributed by atoms with Crippen LogP contribution >= 0.6 is 0 Å². The molecule has 1 N–H and O–H groups in total. The lowest BCUT2D eigenvalue weighted by molar-refractivity contribution is -0.127. The number of hydrogen-bond donors (Lipinski definition) is 1. The van der Waals surface area contributed by atoms with Crippen molar-refractivity contribution >= 4 is 5.91 Å². The van der Waals surface area contributed by atoms with E-state index >= 15 is 0 Å². The molecule has 4 rings (SSSR count). The molecule has 0 radical (unpaired) electrons. The Morgan fingerprint density at radius 1 is 1.17 bits per heavy atom. The molecule has 1 aliphatic carbocycles. The zero-order chi connectivity index (χ0) is 20.8. The van der Waals surface area contributed by atoms with E-state index in [4.69, 9.17) is 9.47 Å². The molecular weight excluding hydrogens is 374 g/mol. The van der Waals surface area contributed by atoms with Gasteiger partial charge in [-0.1, -0.05) is 67.8 Å². The van der Waals surface area contributed by atoms with Crippen LogP contribution in [0.5, 0.6) is 5.75 Å². The molecular formula is C26H31NO3. The summed E-state index contributed by atoms with van der Waals surface area (Å²) >= 11 is 0. The molecule has 1 aliphatic heterocycles. The smallest absolute Gasteiger partial charge is 0.230 e. The van der Waals surface area contributed by atoms with Crippen LogP contribution in [0, 0.1) is 0 Å². The third kappa shape index (κ3) is 4.93. The van der Waals surface area contributed by atoms with Gasteiger partial charge < -0.3 is 14.8 Å². The molecule has 0 spiro atoms. The first-order valence-electron chi connectivity index (χ1n) is 11.1. The predicted molar refractivity (Wildman–Crippen MR) is 119 cm³/mol. The Morgan fingerprint density at radius 2 is 1.97 bits per heavy atom. The van der Waals surface area contributed by atoms with Gasteiger partial charge in [0.15, 0.2) is 0 Å². The molecule has 2 aliphatic rings. The number of nitrogens with one attached hydrogen (secondary N) is 1. The minimum atomic E-state index is -0.431. The number of carbonyl (C=O) groups excluding carboxylic acids is 1. The van der Waals surface area contributed by atoms with E-state index in [1.54, 1.807) is 6.08 Å². The van der Waals surface area contributed by atoms with Crippen LogP contribution in [0.3, 0.4) is 0 Å². The Labute approximate surface area is 179 Å². The Balaban J connectivity index is 1.56. The molecule has 30 heavy (non-hydrogen) atoms. The Hall–Kier alpha value is -2.59. The SMILES string of the molecule is C=C[C@@H](OC1CCCCC1)[C@H](C(=O)NCc1ccccc1)c1ccc2c(c1)CCO2. The molecule has 1 amide bonds. The second kappa shape index (κ2) is 9.94. The third-order valence-corrected chi connectivity index (χ3v) is 6.13. The molecule has 4 nitrogen and oxygen atoms in total. The Bertz CT molecular complexity index is 858. The quantitative estimate of drug-likeness (QED) is 0.634. The fourth-order valence-corrected chi connectivity index (χ4v) is 4.48. The number of hydrogen-bond acceptors (Lipinski definition) is 3. The second-order valence-electron chi connectivity index (χ2n) is 8.24. The van der Waals surface area contributed by atoms with Crippen LogP contribution in [0.25, 0.3) is 0 Å². The fraction of sp³-hybridized carbons (Fsp3) is 0.423. The highest BCUT2D eigenvalue weighted by atomic mass is 16.5. The topological polar surface area (TPSA) is 47.6 Å². The maximum absolute atomic E-state index is 13.4. The normalized spacial score (nSPS) is 18.1. The van der Waals surface area contributed by atoms with Crippen LogP contribution in [0.15, 0.2) is 61.2 Å². The van der Waals surface area contributed by atoms with Crippen molar-refractivity contribution in [3.05, 3.63) is 77.9 Å². The molecule has 2 atom stereocenters. The Morgan fingerprint density at radius 3 is 2.73 bits per heavy atom. The van der Waals surface area contributed by atoms with Crippen molar-refractivity contribution in [2.24, 2.45) is 0 Å². The monoisotopic (exact) mass is 405 g/mol. The maximum atomic E-state index is 13.4. The summed E-state index contributed by atoms with van der Waals surface area (Å²) in [6, 6.07) is 16.1. The largest absolute Gasteiger partial charge is 0.493 e.